The zero-order valence-corrected chi connectivity index (χ0v) is 10.9. The molecule has 1 aromatic carbocycles. The molecule has 7 heteroatoms. The molecule has 0 atom stereocenters. The number of benzene rings is 1. The van der Waals surface area contributed by atoms with E-state index in [0.29, 0.717) is 11.1 Å². The SMILES string of the molecule is Cc1cc(C)c(C(=O)COCC(F)(F)C(F)F)c(F)c1. The van der Waals surface area contributed by atoms with Crippen molar-refractivity contribution < 1.29 is 31.5 Å². The molecule has 0 radical (unpaired) electrons. The van der Waals surface area contributed by atoms with Crippen molar-refractivity contribution in [1.82, 2.24) is 0 Å². The Hall–Kier alpha value is -1.50. The average molecular weight is 296 g/mol. The van der Waals surface area contributed by atoms with Gasteiger partial charge in [-0.1, -0.05) is 6.07 Å². The molecular weight excluding hydrogens is 283 g/mol. The maximum atomic E-state index is 13.6. The van der Waals surface area contributed by atoms with Gasteiger partial charge in [0, 0.05) is 0 Å². The Kier molecular flexibility index (Phi) is 5.21. The third-order valence-corrected chi connectivity index (χ3v) is 2.56. The first-order chi connectivity index (χ1) is 9.15. The molecule has 0 N–H and O–H groups in total. The zero-order chi connectivity index (χ0) is 15.5. The molecule has 1 aromatic rings. The molecule has 0 aliphatic rings. The first-order valence-corrected chi connectivity index (χ1v) is 5.69. The average Bonchev–Trinajstić information content (AvgIpc) is 2.26. The van der Waals surface area contributed by atoms with Crippen molar-refractivity contribution in [2.75, 3.05) is 13.2 Å². The minimum Gasteiger partial charge on any atom is -0.367 e. The second-order valence-electron chi connectivity index (χ2n) is 4.42. The summed E-state index contributed by atoms with van der Waals surface area (Å²) >= 11 is 0. The molecule has 0 fully saturated rings. The van der Waals surface area contributed by atoms with Crippen LogP contribution in [0, 0.1) is 19.7 Å². The fraction of sp³-hybridized carbons (Fsp3) is 0.462. The van der Waals surface area contributed by atoms with Crippen LogP contribution >= 0.6 is 0 Å². The van der Waals surface area contributed by atoms with E-state index >= 15 is 0 Å². The molecule has 0 amide bonds. The van der Waals surface area contributed by atoms with E-state index in [4.69, 9.17) is 0 Å². The van der Waals surface area contributed by atoms with Gasteiger partial charge in [0.15, 0.2) is 5.78 Å². The monoisotopic (exact) mass is 296 g/mol. The molecule has 0 unspecified atom stereocenters. The van der Waals surface area contributed by atoms with Crippen LogP contribution < -0.4 is 0 Å². The highest BCUT2D eigenvalue weighted by Gasteiger charge is 2.41. The third kappa shape index (κ3) is 4.00. The number of carbonyl (C=O) groups is 1. The van der Waals surface area contributed by atoms with Gasteiger partial charge in [-0.05, 0) is 31.0 Å². The lowest BCUT2D eigenvalue weighted by Crippen LogP contribution is -2.33. The lowest BCUT2D eigenvalue weighted by atomic mass is 10.0. The Morgan fingerprint density at radius 3 is 2.40 bits per heavy atom. The van der Waals surface area contributed by atoms with E-state index in [1.807, 2.05) is 0 Å². The summed E-state index contributed by atoms with van der Waals surface area (Å²) in [5.74, 6) is -6.00. The molecule has 2 nitrogen and oxygen atoms in total. The van der Waals surface area contributed by atoms with E-state index in [1.54, 1.807) is 13.0 Å². The lowest BCUT2D eigenvalue weighted by molar-refractivity contribution is -0.163. The van der Waals surface area contributed by atoms with Gasteiger partial charge in [0.2, 0.25) is 0 Å². The van der Waals surface area contributed by atoms with Gasteiger partial charge in [-0.25, -0.2) is 13.2 Å². The maximum absolute atomic E-state index is 13.6. The molecule has 0 bridgehead atoms. The van der Waals surface area contributed by atoms with Crippen LogP contribution in [-0.2, 0) is 4.74 Å². The van der Waals surface area contributed by atoms with Crippen LogP contribution in [-0.4, -0.2) is 31.3 Å². The van der Waals surface area contributed by atoms with E-state index in [0.717, 1.165) is 6.07 Å². The van der Waals surface area contributed by atoms with E-state index < -0.39 is 37.2 Å². The molecule has 0 aliphatic carbocycles. The summed E-state index contributed by atoms with van der Waals surface area (Å²) in [6, 6.07) is 2.66. The molecule has 1 rings (SSSR count). The summed E-state index contributed by atoms with van der Waals surface area (Å²) in [7, 11) is 0. The number of Topliss-reactive ketones (excluding diaryl/α,β-unsaturated/α-hetero) is 1. The van der Waals surface area contributed by atoms with Crippen LogP contribution in [0.25, 0.3) is 0 Å². The summed E-state index contributed by atoms with van der Waals surface area (Å²) in [5, 5.41) is 0. The van der Waals surface area contributed by atoms with E-state index in [9.17, 15) is 26.7 Å². The smallest absolute Gasteiger partial charge is 0.330 e. The van der Waals surface area contributed by atoms with Crippen LogP contribution in [0.1, 0.15) is 21.5 Å². The number of alkyl halides is 4. The topological polar surface area (TPSA) is 26.3 Å². The zero-order valence-electron chi connectivity index (χ0n) is 10.9. The Balaban J connectivity index is 2.70. The summed E-state index contributed by atoms with van der Waals surface area (Å²) in [6.07, 6.45) is -3.88. The highest BCUT2D eigenvalue weighted by molar-refractivity contribution is 5.98. The van der Waals surface area contributed by atoms with Gasteiger partial charge in [0.05, 0.1) is 5.56 Å². The van der Waals surface area contributed by atoms with Crippen molar-refractivity contribution in [2.24, 2.45) is 0 Å². The van der Waals surface area contributed by atoms with Crippen LogP contribution in [0.5, 0.6) is 0 Å². The Labute approximate surface area is 112 Å². The van der Waals surface area contributed by atoms with Gasteiger partial charge in [-0.3, -0.25) is 4.79 Å². The second kappa shape index (κ2) is 6.30. The lowest BCUT2D eigenvalue weighted by Gasteiger charge is -2.15. The number of hydrogen-bond acceptors (Lipinski definition) is 2. The summed E-state index contributed by atoms with van der Waals surface area (Å²) in [5.41, 5.74) is 0.648. The molecule has 0 spiro atoms. The number of ketones is 1. The Morgan fingerprint density at radius 1 is 1.30 bits per heavy atom. The van der Waals surface area contributed by atoms with Gasteiger partial charge < -0.3 is 4.74 Å². The van der Waals surface area contributed by atoms with Crippen molar-refractivity contribution in [3.63, 3.8) is 0 Å². The van der Waals surface area contributed by atoms with Crippen LogP contribution in [0.4, 0.5) is 22.0 Å². The molecular formula is C13H13F5O2. The molecule has 112 valence electrons. The van der Waals surface area contributed by atoms with Gasteiger partial charge in [-0.15, -0.1) is 0 Å². The Morgan fingerprint density at radius 2 is 1.90 bits per heavy atom. The second-order valence-corrected chi connectivity index (χ2v) is 4.42. The highest BCUT2D eigenvalue weighted by Crippen LogP contribution is 2.23. The van der Waals surface area contributed by atoms with Crippen molar-refractivity contribution in [1.29, 1.82) is 0 Å². The minimum absolute atomic E-state index is 0.282. The van der Waals surface area contributed by atoms with Gasteiger partial charge in [0.1, 0.15) is 19.0 Å². The van der Waals surface area contributed by atoms with Crippen LogP contribution in [0.15, 0.2) is 12.1 Å². The summed E-state index contributed by atoms with van der Waals surface area (Å²) in [4.78, 5) is 11.7. The molecule has 0 heterocycles. The van der Waals surface area contributed by atoms with Gasteiger partial charge in [0.25, 0.3) is 0 Å². The summed E-state index contributed by atoms with van der Waals surface area (Å²) < 4.78 is 66.7. The first kappa shape index (κ1) is 16.6. The maximum Gasteiger partial charge on any atom is 0.330 e. The number of rotatable bonds is 6. The molecule has 0 aromatic heterocycles. The standard InChI is InChI=1S/C13H13F5O2/c1-7-3-8(2)11(9(14)4-7)10(19)5-20-6-13(17,18)12(15)16/h3-4,12H,5-6H2,1-2H3. The van der Waals surface area contributed by atoms with Crippen molar-refractivity contribution >= 4 is 5.78 Å². The minimum atomic E-state index is -4.33. The van der Waals surface area contributed by atoms with Gasteiger partial charge >= 0.3 is 12.3 Å². The normalized spacial score (nSPS) is 12.0. The van der Waals surface area contributed by atoms with E-state index in [-0.39, 0.29) is 5.56 Å². The summed E-state index contributed by atoms with van der Waals surface area (Å²) in [6.45, 7) is 0.632. The van der Waals surface area contributed by atoms with E-state index in [2.05, 4.69) is 4.74 Å². The molecule has 0 aliphatic heterocycles. The number of halogens is 5. The first-order valence-electron chi connectivity index (χ1n) is 5.69. The van der Waals surface area contributed by atoms with Crippen molar-refractivity contribution in [3.8, 4) is 0 Å². The number of ether oxygens (including phenoxy) is 1. The van der Waals surface area contributed by atoms with Gasteiger partial charge in [-0.2, -0.15) is 8.78 Å². The third-order valence-electron chi connectivity index (χ3n) is 2.56. The predicted molar refractivity (Wildman–Crippen MR) is 62.0 cm³/mol. The molecule has 0 saturated heterocycles. The fourth-order valence-electron chi connectivity index (χ4n) is 1.68. The van der Waals surface area contributed by atoms with Crippen LogP contribution in [0.3, 0.4) is 0 Å². The predicted octanol–water partition coefficient (Wildman–Crippen LogP) is 3.54. The number of hydrogen-bond donors (Lipinski definition) is 0. The molecule has 0 saturated carbocycles. The number of aryl methyl sites for hydroxylation is 2. The van der Waals surface area contributed by atoms with Crippen molar-refractivity contribution in [2.45, 2.75) is 26.2 Å². The van der Waals surface area contributed by atoms with Crippen LogP contribution in [0.2, 0.25) is 0 Å². The fourth-order valence-corrected chi connectivity index (χ4v) is 1.68. The van der Waals surface area contributed by atoms with Crippen molar-refractivity contribution in [3.05, 3.63) is 34.6 Å². The number of carbonyl (C=O) groups excluding carboxylic acids is 1. The molecule has 20 heavy (non-hydrogen) atoms. The Bertz CT molecular complexity index is 477. The van der Waals surface area contributed by atoms with E-state index in [1.165, 1.54) is 6.92 Å². The largest absolute Gasteiger partial charge is 0.367 e. The highest BCUT2D eigenvalue weighted by atomic mass is 19.3. The quantitative estimate of drug-likeness (QED) is 0.593.